The molecule has 4 N–H and O–H groups in total. The highest BCUT2D eigenvalue weighted by Crippen LogP contribution is 2.66. The Morgan fingerprint density at radius 2 is 1.91 bits per heavy atom. The number of thiophene rings is 1. The van der Waals surface area contributed by atoms with E-state index in [0.29, 0.717) is 42.7 Å². The highest BCUT2D eigenvalue weighted by molar-refractivity contribution is 7.18. The van der Waals surface area contributed by atoms with Crippen LogP contribution in [-0.2, 0) is 13.5 Å². The second-order valence-electron chi connectivity index (χ2n) is 15.7. The van der Waals surface area contributed by atoms with Gasteiger partial charge in [-0.2, -0.15) is 5.10 Å². The quantitative estimate of drug-likeness (QED) is 0.162. The minimum atomic E-state index is -0.330. The first-order valence-corrected chi connectivity index (χ1v) is 20.2. The fourth-order valence-electron chi connectivity index (χ4n) is 9.93. The molecule has 4 aromatic rings. The van der Waals surface area contributed by atoms with Crippen LogP contribution in [0.1, 0.15) is 79.6 Å². The number of fused-ring (bicyclic) bond motifs is 5. The number of aliphatic hydroxyl groups excluding tert-OH is 1. The van der Waals surface area contributed by atoms with E-state index in [4.69, 9.17) is 28.9 Å². The number of rotatable bonds is 7. The monoisotopic (exact) mass is 775 g/mol. The van der Waals surface area contributed by atoms with E-state index >= 15 is 0 Å². The van der Waals surface area contributed by atoms with Gasteiger partial charge in [-0.25, -0.2) is 4.39 Å². The van der Waals surface area contributed by atoms with Crippen molar-refractivity contribution in [2.45, 2.75) is 77.4 Å². The summed E-state index contributed by atoms with van der Waals surface area (Å²) in [4.78, 5) is 17.4. The van der Waals surface area contributed by atoms with Crippen molar-refractivity contribution < 1.29 is 14.3 Å². The van der Waals surface area contributed by atoms with Crippen LogP contribution in [0.5, 0.6) is 0 Å². The second kappa shape index (κ2) is 15.4. The molecule has 0 saturated heterocycles. The third kappa shape index (κ3) is 7.40. The van der Waals surface area contributed by atoms with E-state index < -0.39 is 0 Å². The summed E-state index contributed by atoms with van der Waals surface area (Å²) in [5.41, 5.74) is 12.9. The van der Waals surface area contributed by atoms with Crippen molar-refractivity contribution in [1.82, 2.24) is 20.1 Å². The van der Waals surface area contributed by atoms with E-state index in [1.165, 1.54) is 56.0 Å². The van der Waals surface area contributed by atoms with Gasteiger partial charge in [-0.1, -0.05) is 73.0 Å². The number of allylic oxidation sites excluding steroid dienone is 3. The first kappa shape index (κ1) is 38.0. The molecule has 2 fully saturated rings. The summed E-state index contributed by atoms with van der Waals surface area (Å²) in [6.45, 7) is 5.25. The molecule has 0 spiro atoms. The predicted octanol–water partition coefficient (Wildman–Crippen LogP) is 9.29. The lowest BCUT2D eigenvalue weighted by Gasteiger charge is -2.57. The Bertz CT molecular complexity index is 2010. The van der Waals surface area contributed by atoms with Gasteiger partial charge < -0.3 is 16.2 Å². The summed E-state index contributed by atoms with van der Waals surface area (Å²) in [6, 6.07) is 11.9. The summed E-state index contributed by atoms with van der Waals surface area (Å²) in [7, 11) is 1.75. The molecule has 11 heteroatoms. The zero-order valence-electron chi connectivity index (χ0n) is 30.5. The van der Waals surface area contributed by atoms with Gasteiger partial charge in [0.1, 0.15) is 10.2 Å². The van der Waals surface area contributed by atoms with Gasteiger partial charge in [0.05, 0.1) is 27.9 Å². The van der Waals surface area contributed by atoms with Crippen LogP contribution < -0.4 is 11.1 Å². The number of benzene rings is 1. The molecule has 280 valence electrons. The van der Waals surface area contributed by atoms with Crippen LogP contribution in [-0.4, -0.2) is 44.5 Å². The lowest BCUT2D eigenvalue weighted by molar-refractivity contribution is -0.0238. The molecule has 3 aromatic heterocycles. The van der Waals surface area contributed by atoms with Crippen molar-refractivity contribution >= 4 is 46.0 Å². The third-order valence-corrected chi connectivity index (χ3v) is 14.3. The molecular formula is C42H48Cl2FN5O2S. The summed E-state index contributed by atoms with van der Waals surface area (Å²) in [5.74, 6) is 1.74. The Morgan fingerprint density at radius 3 is 2.62 bits per heavy atom. The SMILES string of the molecule is C[C@]12CC[C@H](O)CC1=CC[C@@H]1[C@@H]2CC[C@]2(C)C(c3cccnc3)=CC[C@@H]12.Cn1ncc(Cl)c1-c1cc(C(=O)N[C@H](CN)Cc2cccc(F)c2)sc1Cl. The molecule has 2 saturated carbocycles. The maximum Gasteiger partial charge on any atom is 0.261 e. The summed E-state index contributed by atoms with van der Waals surface area (Å²) in [6.07, 6.45) is 19.0. The molecule has 0 bridgehead atoms. The van der Waals surface area contributed by atoms with Gasteiger partial charge in [0.25, 0.3) is 5.91 Å². The van der Waals surface area contributed by atoms with Gasteiger partial charge in [0.2, 0.25) is 0 Å². The smallest absolute Gasteiger partial charge is 0.261 e. The van der Waals surface area contributed by atoms with Crippen molar-refractivity contribution in [3.05, 3.63) is 110 Å². The lowest BCUT2D eigenvalue weighted by atomic mass is 9.47. The number of carbonyl (C=O) groups is 1. The number of aryl methyl sites for hydroxylation is 1. The average Bonchev–Trinajstić information content (AvgIpc) is 3.81. The van der Waals surface area contributed by atoms with Gasteiger partial charge >= 0.3 is 0 Å². The van der Waals surface area contributed by atoms with E-state index in [2.05, 4.69) is 53.5 Å². The zero-order chi connectivity index (χ0) is 37.5. The summed E-state index contributed by atoms with van der Waals surface area (Å²) < 4.78 is 15.4. The van der Waals surface area contributed by atoms with Crippen molar-refractivity contribution in [3.63, 3.8) is 0 Å². The van der Waals surface area contributed by atoms with Crippen molar-refractivity contribution in [3.8, 4) is 11.3 Å². The maximum absolute atomic E-state index is 13.3. The molecule has 1 amide bonds. The first-order valence-electron chi connectivity index (χ1n) is 18.6. The number of nitrogens with two attached hydrogens (primary N) is 1. The van der Waals surface area contributed by atoms with E-state index in [1.807, 2.05) is 12.4 Å². The number of nitrogens with zero attached hydrogens (tertiary/aromatic N) is 3. The van der Waals surface area contributed by atoms with Crippen LogP contribution in [0.15, 0.2) is 78.8 Å². The Balaban J connectivity index is 0.000000164. The van der Waals surface area contributed by atoms with Crippen molar-refractivity contribution in [2.75, 3.05) is 6.54 Å². The summed E-state index contributed by atoms with van der Waals surface area (Å²) in [5, 5.41) is 17.6. The fourth-order valence-corrected chi connectivity index (χ4v) is 11.4. The molecular weight excluding hydrogens is 728 g/mol. The summed E-state index contributed by atoms with van der Waals surface area (Å²) >= 11 is 13.6. The van der Waals surface area contributed by atoms with Crippen LogP contribution in [0.4, 0.5) is 4.39 Å². The van der Waals surface area contributed by atoms with Crippen LogP contribution in [0.25, 0.3) is 16.8 Å². The molecule has 3 heterocycles. The molecule has 4 aliphatic carbocycles. The Labute approximate surface area is 325 Å². The number of nitrogens with one attached hydrogen (secondary N) is 1. The van der Waals surface area contributed by atoms with Gasteiger partial charge in [0, 0.05) is 37.6 Å². The standard InChI is InChI=1S/C24H31NO.C18H17Cl2FN4OS/c1-23-11-9-18(26)14-17(23)5-6-19-21-8-7-20(16-4-3-13-25-15-16)24(21,2)12-10-22(19)23;1-25-16(14(19)9-23-25)13-7-15(27-17(13)20)18(26)24-12(8-22)6-10-3-2-4-11(21)5-10/h3-5,7,13,15,18-19,21-22,26H,6,8-12,14H2,1-2H3;2-5,7,9,12H,6,8,22H2,1H3,(H,24,26)/t18-,19-,21-,22-,23-,24+;12-/m00/s1. The number of pyridine rings is 1. The molecule has 7 atom stereocenters. The lowest BCUT2D eigenvalue weighted by Crippen LogP contribution is -2.49. The molecule has 7 nitrogen and oxygen atoms in total. The van der Waals surface area contributed by atoms with Crippen LogP contribution in [0.2, 0.25) is 9.36 Å². The van der Waals surface area contributed by atoms with E-state index in [1.54, 1.807) is 41.1 Å². The van der Waals surface area contributed by atoms with Crippen molar-refractivity contribution in [2.24, 2.45) is 41.4 Å². The van der Waals surface area contributed by atoms with Crippen molar-refractivity contribution in [1.29, 1.82) is 0 Å². The Hall–Kier alpha value is -3.34. The van der Waals surface area contributed by atoms with E-state index in [-0.39, 0.29) is 30.4 Å². The number of halogens is 3. The first-order chi connectivity index (χ1) is 25.4. The van der Waals surface area contributed by atoms with E-state index in [0.717, 1.165) is 47.5 Å². The molecule has 53 heavy (non-hydrogen) atoms. The van der Waals surface area contributed by atoms with Crippen LogP contribution in [0.3, 0.4) is 0 Å². The number of carbonyl (C=O) groups excluding carboxylic acids is 1. The van der Waals surface area contributed by atoms with Crippen LogP contribution >= 0.6 is 34.5 Å². The Morgan fingerprint density at radius 1 is 1.09 bits per heavy atom. The van der Waals surface area contributed by atoms with Gasteiger partial charge in [-0.15, -0.1) is 11.3 Å². The maximum atomic E-state index is 13.3. The minimum absolute atomic E-state index is 0.106. The number of hydrogen-bond donors (Lipinski definition) is 3. The van der Waals surface area contributed by atoms with Gasteiger partial charge in [-0.3, -0.25) is 14.5 Å². The van der Waals surface area contributed by atoms with Gasteiger partial charge in [-0.05, 0) is 121 Å². The number of amides is 1. The van der Waals surface area contributed by atoms with E-state index in [9.17, 15) is 14.3 Å². The highest BCUT2D eigenvalue weighted by Gasteiger charge is 2.56. The van der Waals surface area contributed by atoms with Crippen LogP contribution in [0, 0.1) is 34.4 Å². The zero-order valence-corrected chi connectivity index (χ0v) is 32.8. The number of aliphatic hydroxyl groups is 1. The predicted molar refractivity (Wildman–Crippen MR) is 212 cm³/mol. The topological polar surface area (TPSA) is 106 Å². The average molecular weight is 777 g/mol. The third-order valence-electron chi connectivity index (χ3n) is 12.7. The fraction of sp³-hybridized carbons (Fsp3) is 0.452. The largest absolute Gasteiger partial charge is 0.393 e. The minimum Gasteiger partial charge on any atom is -0.393 e. The molecule has 0 unspecified atom stereocenters. The molecule has 0 radical (unpaired) electrons. The highest BCUT2D eigenvalue weighted by atomic mass is 35.5. The molecule has 4 aliphatic rings. The molecule has 0 aliphatic heterocycles. The number of aromatic nitrogens is 3. The normalized spacial score (nSPS) is 28.0. The molecule has 8 rings (SSSR count). The Kier molecular flexibility index (Phi) is 11.0. The number of hydrogen-bond acceptors (Lipinski definition) is 6. The molecule has 1 aromatic carbocycles. The second-order valence-corrected chi connectivity index (χ2v) is 17.8. The van der Waals surface area contributed by atoms with Gasteiger partial charge in [0.15, 0.2) is 0 Å².